The molecule has 0 saturated heterocycles. The van der Waals surface area contributed by atoms with Gasteiger partial charge in [0.15, 0.2) is 5.60 Å². The molecule has 0 aliphatic rings. The highest BCUT2D eigenvalue weighted by molar-refractivity contribution is 5.88. The van der Waals surface area contributed by atoms with E-state index in [0.717, 1.165) is 19.4 Å². The summed E-state index contributed by atoms with van der Waals surface area (Å²) in [6, 6.07) is 7.54. The summed E-state index contributed by atoms with van der Waals surface area (Å²) in [5.74, 6) is -0.372. The summed E-state index contributed by atoms with van der Waals surface area (Å²) in [5, 5.41) is 21.7. The maximum absolute atomic E-state index is 13.3. The number of hydrogen-bond donors (Lipinski definition) is 1. The summed E-state index contributed by atoms with van der Waals surface area (Å²) in [5.41, 5.74) is -3.97. The van der Waals surface area contributed by atoms with Crippen LogP contribution in [-0.4, -0.2) is 37.9 Å². The molecular formula is C24H17F6N5O2. The Morgan fingerprint density at radius 2 is 1.76 bits per heavy atom. The third kappa shape index (κ3) is 4.67. The van der Waals surface area contributed by atoms with Gasteiger partial charge in [0.05, 0.1) is 42.8 Å². The summed E-state index contributed by atoms with van der Waals surface area (Å²) >= 11 is 0. The Balaban J connectivity index is 2.00. The third-order valence-electron chi connectivity index (χ3n) is 5.81. The molecule has 1 aromatic carbocycles. The van der Waals surface area contributed by atoms with Crippen LogP contribution in [0.2, 0.25) is 0 Å². The molecule has 0 fully saturated rings. The monoisotopic (exact) mass is 521 g/mol. The van der Waals surface area contributed by atoms with Crippen molar-refractivity contribution in [3.05, 3.63) is 82.7 Å². The number of aliphatic hydroxyl groups is 1. The molecule has 0 spiro atoms. The zero-order valence-electron chi connectivity index (χ0n) is 19.2. The molecule has 7 nitrogen and oxygen atoms in total. The number of hydrogen-bond acceptors (Lipinski definition) is 6. The summed E-state index contributed by atoms with van der Waals surface area (Å²) in [7, 11) is 2.67. The van der Waals surface area contributed by atoms with E-state index in [4.69, 9.17) is 4.74 Å². The number of methoxy groups -OCH3 is 1. The number of aromatic nitrogens is 4. The second-order valence-corrected chi connectivity index (χ2v) is 8.14. The van der Waals surface area contributed by atoms with Crippen molar-refractivity contribution in [3.8, 4) is 11.9 Å². The van der Waals surface area contributed by atoms with E-state index in [0.29, 0.717) is 6.07 Å². The van der Waals surface area contributed by atoms with Crippen LogP contribution in [0.3, 0.4) is 0 Å². The number of imidazole rings is 1. The number of halogens is 6. The fourth-order valence-corrected chi connectivity index (χ4v) is 4.11. The predicted octanol–water partition coefficient (Wildman–Crippen LogP) is 4.65. The number of aryl methyl sites for hydroxylation is 1. The van der Waals surface area contributed by atoms with E-state index in [9.17, 15) is 36.7 Å². The van der Waals surface area contributed by atoms with Gasteiger partial charge in [0.1, 0.15) is 11.8 Å². The van der Waals surface area contributed by atoms with Gasteiger partial charge in [0, 0.05) is 29.8 Å². The second-order valence-electron chi connectivity index (χ2n) is 8.14. The first-order valence-electron chi connectivity index (χ1n) is 10.5. The highest BCUT2D eigenvalue weighted by Gasteiger charge is 2.39. The molecule has 0 saturated carbocycles. The van der Waals surface area contributed by atoms with Crippen molar-refractivity contribution < 1.29 is 36.2 Å². The first-order valence-corrected chi connectivity index (χ1v) is 10.5. The van der Waals surface area contributed by atoms with Crippen LogP contribution in [0.25, 0.3) is 10.9 Å². The quantitative estimate of drug-likeness (QED) is 0.384. The second kappa shape index (κ2) is 9.04. The van der Waals surface area contributed by atoms with Crippen molar-refractivity contribution in [1.82, 2.24) is 19.5 Å². The molecule has 0 bridgehead atoms. The Bertz CT molecular complexity index is 1510. The first kappa shape index (κ1) is 25.9. The highest BCUT2D eigenvalue weighted by Crippen LogP contribution is 2.40. The third-order valence-corrected chi connectivity index (χ3v) is 5.81. The van der Waals surface area contributed by atoms with E-state index < -0.39 is 35.6 Å². The highest BCUT2D eigenvalue weighted by atomic mass is 19.4. The van der Waals surface area contributed by atoms with E-state index in [1.165, 1.54) is 35.3 Å². The zero-order chi connectivity index (χ0) is 27.2. The number of benzene rings is 1. The van der Waals surface area contributed by atoms with Crippen LogP contribution in [0.5, 0.6) is 5.88 Å². The van der Waals surface area contributed by atoms with Crippen molar-refractivity contribution in [2.45, 2.75) is 24.4 Å². The molecule has 0 aliphatic carbocycles. The van der Waals surface area contributed by atoms with Gasteiger partial charge in [-0.3, -0.25) is 4.98 Å². The Hall–Kier alpha value is -4.18. The topological polar surface area (TPSA) is 96.8 Å². The van der Waals surface area contributed by atoms with E-state index in [-0.39, 0.29) is 39.2 Å². The molecule has 4 aromatic rings. The first-order chi connectivity index (χ1) is 17.3. The minimum Gasteiger partial charge on any atom is -0.481 e. The molecule has 1 atom stereocenters. The van der Waals surface area contributed by atoms with Crippen molar-refractivity contribution in [1.29, 1.82) is 5.26 Å². The SMILES string of the molecule is COc1nc2ccc(C(O)(c3ccc(C(F)(F)F)nc3)c3cncn3C)cc2c(C#N)c1CC(F)(F)F. The average Bonchev–Trinajstić information content (AvgIpc) is 3.27. The number of nitriles is 1. The van der Waals surface area contributed by atoms with Gasteiger partial charge in [-0.15, -0.1) is 0 Å². The van der Waals surface area contributed by atoms with E-state index in [1.807, 2.05) is 0 Å². The van der Waals surface area contributed by atoms with E-state index >= 15 is 0 Å². The number of pyridine rings is 2. The Morgan fingerprint density at radius 1 is 1.05 bits per heavy atom. The van der Waals surface area contributed by atoms with Crippen LogP contribution in [0.15, 0.2) is 49.1 Å². The molecule has 37 heavy (non-hydrogen) atoms. The van der Waals surface area contributed by atoms with Crippen molar-refractivity contribution >= 4 is 10.9 Å². The summed E-state index contributed by atoms with van der Waals surface area (Å²) in [4.78, 5) is 11.5. The van der Waals surface area contributed by atoms with E-state index in [2.05, 4.69) is 15.0 Å². The van der Waals surface area contributed by atoms with Crippen LogP contribution in [0, 0.1) is 11.3 Å². The van der Waals surface area contributed by atoms with Crippen LogP contribution >= 0.6 is 0 Å². The molecule has 0 radical (unpaired) electrons. The molecule has 0 amide bonds. The number of alkyl halides is 6. The van der Waals surface area contributed by atoms with Gasteiger partial charge in [-0.05, 0) is 23.8 Å². The molecule has 3 aromatic heterocycles. The number of ether oxygens (including phenoxy) is 1. The van der Waals surface area contributed by atoms with Gasteiger partial charge in [0.2, 0.25) is 5.88 Å². The van der Waals surface area contributed by atoms with Gasteiger partial charge < -0.3 is 14.4 Å². The molecule has 4 rings (SSSR count). The molecular weight excluding hydrogens is 504 g/mol. The molecule has 1 N–H and O–H groups in total. The van der Waals surface area contributed by atoms with Gasteiger partial charge in [0.25, 0.3) is 0 Å². The predicted molar refractivity (Wildman–Crippen MR) is 117 cm³/mol. The van der Waals surface area contributed by atoms with Crippen molar-refractivity contribution in [2.75, 3.05) is 7.11 Å². The minimum atomic E-state index is -4.71. The lowest BCUT2D eigenvalue weighted by molar-refractivity contribution is -0.141. The van der Waals surface area contributed by atoms with Gasteiger partial charge in [-0.2, -0.15) is 31.6 Å². The number of nitrogens with zero attached hydrogens (tertiary/aromatic N) is 5. The fraction of sp³-hybridized carbons (Fsp3) is 0.250. The van der Waals surface area contributed by atoms with Crippen LogP contribution < -0.4 is 4.74 Å². The minimum absolute atomic E-state index is 0.0134. The fourth-order valence-electron chi connectivity index (χ4n) is 4.11. The van der Waals surface area contributed by atoms with Crippen molar-refractivity contribution in [3.63, 3.8) is 0 Å². The maximum Gasteiger partial charge on any atom is 0.433 e. The Kier molecular flexibility index (Phi) is 6.33. The van der Waals surface area contributed by atoms with Crippen molar-refractivity contribution in [2.24, 2.45) is 7.05 Å². The smallest absolute Gasteiger partial charge is 0.433 e. The lowest BCUT2D eigenvalue weighted by Crippen LogP contribution is -2.31. The molecule has 192 valence electrons. The van der Waals surface area contributed by atoms with Crippen LogP contribution in [0.4, 0.5) is 26.3 Å². The Morgan fingerprint density at radius 3 is 2.27 bits per heavy atom. The molecule has 1 unspecified atom stereocenters. The summed E-state index contributed by atoms with van der Waals surface area (Å²) in [6.45, 7) is 0. The van der Waals surface area contributed by atoms with Gasteiger partial charge in [-0.25, -0.2) is 9.97 Å². The normalized spacial score (nSPS) is 13.8. The maximum atomic E-state index is 13.3. The standard InChI is InChI=1S/C24H17F6N5O2/c1-35-12-32-11-20(35)23(36,14-4-6-19(33-10-14)24(28,29)30)13-3-5-18-15(7-13)17(9-31)16(8-22(25,26)27)21(34-18)37-2/h3-7,10-12,36H,8H2,1-2H3. The summed E-state index contributed by atoms with van der Waals surface area (Å²) in [6.07, 6.45) is -7.38. The molecule has 13 heteroatoms. The Labute approximate surface area is 205 Å². The lowest BCUT2D eigenvalue weighted by atomic mass is 9.83. The summed E-state index contributed by atoms with van der Waals surface area (Å²) < 4.78 is 85.5. The van der Waals surface area contributed by atoms with Crippen LogP contribution in [-0.2, 0) is 25.2 Å². The van der Waals surface area contributed by atoms with E-state index in [1.54, 1.807) is 13.1 Å². The average molecular weight is 521 g/mol. The largest absolute Gasteiger partial charge is 0.481 e. The van der Waals surface area contributed by atoms with Gasteiger partial charge in [-0.1, -0.05) is 12.1 Å². The van der Waals surface area contributed by atoms with Crippen LogP contribution in [0.1, 0.15) is 33.6 Å². The number of fused-ring (bicyclic) bond motifs is 1. The molecule has 0 aliphatic heterocycles. The number of rotatable bonds is 5. The zero-order valence-corrected chi connectivity index (χ0v) is 19.2. The lowest BCUT2D eigenvalue weighted by Gasteiger charge is -2.30. The van der Waals surface area contributed by atoms with Gasteiger partial charge >= 0.3 is 12.4 Å². The molecule has 3 heterocycles.